The van der Waals surface area contributed by atoms with Crippen LogP contribution in [0.3, 0.4) is 0 Å². The van der Waals surface area contributed by atoms with E-state index in [1.165, 1.54) is 25.6 Å². The van der Waals surface area contributed by atoms with E-state index in [0.717, 1.165) is 0 Å². The fourth-order valence-electron chi connectivity index (χ4n) is 2.07. The van der Waals surface area contributed by atoms with Gasteiger partial charge in [-0.25, -0.2) is 9.97 Å². The maximum atomic E-state index is 13.3. The van der Waals surface area contributed by atoms with Gasteiger partial charge in [0.25, 0.3) is 0 Å². The molecule has 10 heteroatoms. The van der Waals surface area contributed by atoms with Crippen molar-refractivity contribution in [2.75, 3.05) is 7.11 Å². The van der Waals surface area contributed by atoms with Gasteiger partial charge < -0.3 is 15.2 Å². The van der Waals surface area contributed by atoms with E-state index in [4.69, 9.17) is 4.74 Å². The van der Waals surface area contributed by atoms with Crippen LogP contribution in [0.25, 0.3) is 0 Å². The second-order valence-electron chi connectivity index (χ2n) is 5.28. The molecule has 0 spiro atoms. The Hall–Kier alpha value is -2.20. The van der Waals surface area contributed by atoms with E-state index in [2.05, 4.69) is 15.3 Å². The van der Waals surface area contributed by atoms with Crippen molar-refractivity contribution >= 4 is 17.2 Å². The summed E-state index contributed by atoms with van der Waals surface area (Å²) in [4.78, 5) is 19.6. The largest absolute Gasteiger partial charge is 0.481 e. The minimum Gasteiger partial charge on any atom is -0.481 e. The molecule has 0 fully saturated rings. The highest BCUT2D eigenvalue weighted by Crippen LogP contribution is 2.42. The molecule has 2 heterocycles. The Morgan fingerprint density at radius 1 is 1.44 bits per heavy atom. The minimum absolute atomic E-state index is 0.0827. The third-order valence-electron chi connectivity index (χ3n) is 3.38. The van der Waals surface area contributed by atoms with Crippen LogP contribution in [-0.4, -0.2) is 34.3 Å². The predicted molar refractivity (Wildman–Crippen MR) is 84.1 cm³/mol. The Morgan fingerprint density at radius 3 is 2.72 bits per heavy atom. The summed E-state index contributed by atoms with van der Waals surface area (Å²) >= 11 is 0.655. The average molecular weight is 375 g/mol. The third kappa shape index (κ3) is 4.26. The number of nitrogens with zero attached hydrogens (tertiary/aromatic N) is 2. The molecule has 0 aliphatic heterocycles. The van der Waals surface area contributed by atoms with Gasteiger partial charge in [0.05, 0.1) is 13.5 Å². The molecule has 0 aromatic carbocycles. The van der Waals surface area contributed by atoms with Gasteiger partial charge in [0.1, 0.15) is 5.01 Å². The number of pyridine rings is 1. The van der Waals surface area contributed by atoms with Crippen molar-refractivity contribution < 1.29 is 27.8 Å². The number of methoxy groups -OCH3 is 1. The third-order valence-corrected chi connectivity index (χ3v) is 4.49. The van der Waals surface area contributed by atoms with E-state index in [9.17, 15) is 23.1 Å². The highest BCUT2D eigenvalue weighted by molar-refractivity contribution is 7.09. The van der Waals surface area contributed by atoms with Crippen LogP contribution in [0.4, 0.5) is 13.2 Å². The van der Waals surface area contributed by atoms with Gasteiger partial charge in [0.15, 0.2) is 0 Å². The molecular weight excluding hydrogens is 359 g/mol. The van der Waals surface area contributed by atoms with Crippen molar-refractivity contribution in [1.82, 2.24) is 15.3 Å². The zero-order valence-corrected chi connectivity index (χ0v) is 14.2. The van der Waals surface area contributed by atoms with Gasteiger partial charge in [-0.2, -0.15) is 13.2 Å². The Labute approximate surface area is 145 Å². The molecule has 2 N–H and O–H groups in total. The standard InChI is InChI=1S/C15H16F3N3O3S/c1-9-8-25-13(21-9)14(23,15(16,17)18)6-11(22)20-7-10-4-3-5-19-12(10)24-2/h3-5,8,23H,6-7H2,1-2H3,(H,20,22). The number of halogens is 3. The minimum atomic E-state index is -5.04. The van der Waals surface area contributed by atoms with Crippen LogP contribution in [0.5, 0.6) is 5.88 Å². The molecule has 136 valence electrons. The topological polar surface area (TPSA) is 84.3 Å². The van der Waals surface area contributed by atoms with Crippen molar-refractivity contribution in [3.63, 3.8) is 0 Å². The van der Waals surface area contributed by atoms with Gasteiger partial charge in [-0.15, -0.1) is 11.3 Å². The van der Waals surface area contributed by atoms with Crippen LogP contribution >= 0.6 is 11.3 Å². The number of aromatic nitrogens is 2. The number of carbonyl (C=O) groups excluding carboxylic acids is 1. The number of rotatable bonds is 6. The normalized spacial score (nSPS) is 14.0. The molecular formula is C15H16F3N3O3S. The van der Waals surface area contributed by atoms with E-state index >= 15 is 0 Å². The van der Waals surface area contributed by atoms with Crippen LogP contribution < -0.4 is 10.1 Å². The summed E-state index contributed by atoms with van der Waals surface area (Å²) in [5.74, 6) is -0.719. The number of nitrogens with one attached hydrogen (secondary N) is 1. The van der Waals surface area contributed by atoms with Gasteiger partial charge >= 0.3 is 6.18 Å². The summed E-state index contributed by atoms with van der Waals surface area (Å²) in [6.45, 7) is 1.42. The van der Waals surface area contributed by atoms with E-state index in [1.54, 1.807) is 12.1 Å². The van der Waals surface area contributed by atoms with Gasteiger partial charge in [0, 0.05) is 29.4 Å². The van der Waals surface area contributed by atoms with Crippen LogP contribution in [0.15, 0.2) is 23.7 Å². The highest BCUT2D eigenvalue weighted by Gasteiger charge is 2.58. The number of hydrogen-bond donors (Lipinski definition) is 2. The molecule has 2 aromatic rings. The fourth-order valence-corrected chi connectivity index (χ4v) is 2.99. The molecule has 0 saturated heterocycles. The summed E-state index contributed by atoms with van der Waals surface area (Å²) in [6.07, 6.45) is -4.75. The number of carbonyl (C=O) groups is 1. The molecule has 0 bridgehead atoms. The summed E-state index contributed by atoms with van der Waals surface area (Å²) < 4.78 is 45.0. The molecule has 6 nitrogen and oxygen atoms in total. The first-order chi connectivity index (χ1) is 11.7. The summed E-state index contributed by atoms with van der Waals surface area (Å²) in [5, 5.41) is 13.3. The first kappa shape index (κ1) is 19.1. The van der Waals surface area contributed by atoms with Gasteiger partial charge in [0.2, 0.25) is 17.4 Å². The quantitative estimate of drug-likeness (QED) is 0.810. The molecule has 2 rings (SSSR count). The van der Waals surface area contributed by atoms with Crippen molar-refractivity contribution in [1.29, 1.82) is 0 Å². The second-order valence-corrected chi connectivity index (χ2v) is 6.14. The maximum Gasteiger partial charge on any atom is 0.424 e. The number of ether oxygens (including phenoxy) is 1. The lowest BCUT2D eigenvalue weighted by Crippen LogP contribution is -2.46. The number of aliphatic hydroxyl groups is 1. The average Bonchev–Trinajstić information content (AvgIpc) is 2.99. The molecule has 2 aromatic heterocycles. The molecule has 1 unspecified atom stereocenters. The second kappa shape index (κ2) is 7.36. The van der Waals surface area contributed by atoms with Crippen molar-refractivity contribution in [2.24, 2.45) is 0 Å². The maximum absolute atomic E-state index is 13.3. The first-order valence-corrected chi connectivity index (χ1v) is 8.01. The van der Waals surface area contributed by atoms with Gasteiger partial charge in [-0.1, -0.05) is 6.07 Å². The van der Waals surface area contributed by atoms with E-state index in [-0.39, 0.29) is 12.4 Å². The lowest BCUT2D eigenvalue weighted by molar-refractivity contribution is -0.267. The van der Waals surface area contributed by atoms with E-state index in [1.807, 2.05) is 0 Å². The SMILES string of the molecule is COc1ncccc1CNC(=O)CC(O)(c1nc(C)cs1)C(F)(F)F. The first-order valence-electron chi connectivity index (χ1n) is 7.13. The van der Waals surface area contributed by atoms with Gasteiger partial charge in [-0.05, 0) is 13.0 Å². The lowest BCUT2D eigenvalue weighted by atomic mass is 9.99. The summed E-state index contributed by atoms with van der Waals surface area (Å²) in [6, 6.07) is 3.22. The highest BCUT2D eigenvalue weighted by atomic mass is 32.1. The van der Waals surface area contributed by atoms with Crippen LogP contribution in [0.1, 0.15) is 22.7 Å². The Morgan fingerprint density at radius 2 is 2.16 bits per heavy atom. The number of amides is 1. The molecule has 0 saturated carbocycles. The fraction of sp³-hybridized carbons (Fsp3) is 0.400. The molecule has 0 aliphatic carbocycles. The molecule has 0 aliphatic rings. The number of aryl methyl sites for hydroxylation is 1. The lowest BCUT2D eigenvalue weighted by Gasteiger charge is -2.27. The van der Waals surface area contributed by atoms with Crippen LogP contribution in [0.2, 0.25) is 0 Å². The van der Waals surface area contributed by atoms with Crippen LogP contribution in [-0.2, 0) is 16.9 Å². The monoisotopic (exact) mass is 375 g/mol. The Balaban J connectivity index is 2.13. The number of thiazole rings is 1. The smallest absolute Gasteiger partial charge is 0.424 e. The Bertz CT molecular complexity index is 751. The molecule has 1 amide bonds. The van der Waals surface area contributed by atoms with Crippen molar-refractivity contribution in [2.45, 2.75) is 31.7 Å². The molecule has 1 atom stereocenters. The van der Waals surface area contributed by atoms with E-state index in [0.29, 0.717) is 22.6 Å². The van der Waals surface area contributed by atoms with Crippen molar-refractivity contribution in [3.05, 3.63) is 40.0 Å². The van der Waals surface area contributed by atoms with Crippen molar-refractivity contribution in [3.8, 4) is 5.88 Å². The number of hydrogen-bond acceptors (Lipinski definition) is 6. The summed E-state index contributed by atoms with van der Waals surface area (Å²) in [5.41, 5.74) is -2.50. The molecule has 25 heavy (non-hydrogen) atoms. The van der Waals surface area contributed by atoms with Crippen LogP contribution in [0, 0.1) is 6.92 Å². The summed E-state index contributed by atoms with van der Waals surface area (Å²) in [7, 11) is 1.39. The van der Waals surface area contributed by atoms with E-state index < -0.39 is 29.1 Å². The zero-order valence-electron chi connectivity index (χ0n) is 13.4. The molecule has 0 radical (unpaired) electrons. The van der Waals surface area contributed by atoms with Gasteiger partial charge in [-0.3, -0.25) is 4.79 Å². The zero-order chi connectivity index (χ0) is 18.7. The number of alkyl halides is 3. The predicted octanol–water partition coefficient (Wildman–Crippen LogP) is 2.31. The Kier molecular flexibility index (Phi) is 5.63.